The molecule has 280 valence electrons. The van der Waals surface area contributed by atoms with Crippen LogP contribution in [-0.4, -0.2) is 0 Å². The minimum Gasteiger partial charge on any atom is -0.192 e. The van der Waals surface area contributed by atoms with Gasteiger partial charge in [0.05, 0.1) is 23.3 Å². The molecule has 0 N–H and O–H groups in total. The lowest BCUT2D eigenvalue weighted by Gasteiger charge is -2.12. The second-order valence-electron chi connectivity index (χ2n) is 14.7. The number of nitroso groups, excluding NO2 is 1. The Morgan fingerprint density at radius 3 is 0.833 bits per heavy atom. The molecule has 4 nitrogen and oxygen atoms in total. The normalized spacial score (nSPS) is 10.7. The number of nitrogens with zero attached hydrogens (tertiary/aromatic N) is 3. The fraction of sp³-hybridized carbons (Fsp3) is 0. The molecule has 0 heterocycles. The summed E-state index contributed by atoms with van der Waals surface area (Å²) in [6.45, 7) is 0. The summed E-state index contributed by atoms with van der Waals surface area (Å²) in [5.41, 5.74) is 18.8. The maximum Gasteiger partial charge on any atom is 0.108 e. The Morgan fingerprint density at radius 2 is 0.517 bits per heavy atom. The smallest absolute Gasteiger partial charge is 0.108 e. The van der Waals surface area contributed by atoms with Gasteiger partial charge in [-0.2, -0.15) is 10.5 Å². The number of hydrogen-bond donors (Lipinski definition) is 0. The summed E-state index contributed by atoms with van der Waals surface area (Å²) in [5, 5.41) is 22.3. The van der Waals surface area contributed by atoms with E-state index in [9.17, 15) is 10.2 Å². The largest absolute Gasteiger partial charge is 0.192 e. The molecular weight excluding hydrogens is 731 g/mol. The molecule has 0 saturated heterocycles. The predicted octanol–water partition coefficient (Wildman–Crippen LogP) is 15.2. The maximum atomic E-state index is 10.8. The highest BCUT2D eigenvalue weighted by atomic mass is 16.3. The highest BCUT2D eigenvalue weighted by Crippen LogP contribution is 2.36. The zero-order chi connectivity index (χ0) is 40.8. The van der Waals surface area contributed by atoms with Gasteiger partial charge in [0.1, 0.15) is 5.69 Å². The Labute approximate surface area is 349 Å². The molecule has 0 aliphatic heterocycles. The van der Waals surface area contributed by atoms with E-state index in [0.717, 1.165) is 89.0 Å². The second kappa shape index (κ2) is 16.6. The van der Waals surface area contributed by atoms with Gasteiger partial charge in [0.15, 0.2) is 0 Å². The summed E-state index contributed by atoms with van der Waals surface area (Å²) in [7, 11) is 0. The summed E-state index contributed by atoms with van der Waals surface area (Å²) in [6, 6.07) is 76.7. The van der Waals surface area contributed by atoms with Crippen molar-refractivity contribution in [1.82, 2.24) is 0 Å². The minimum atomic E-state index is 0.416. The summed E-state index contributed by atoms with van der Waals surface area (Å²) in [6.07, 6.45) is 0. The SMILES string of the molecule is N#Cc1ccc(-c2ccc(-c3cccc(-c4cccc(-c5cc(C#N)cc(-c6cccc(-c7cccc(-c8ccc(-c9ccc(N=O)cc9)cc8)c7)c6)c5)c4)c3)cc2)cc1. The molecule has 0 fully saturated rings. The quantitative estimate of drug-likeness (QED) is 0.137. The van der Waals surface area contributed by atoms with Gasteiger partial charge in [-0.3, -0.25) is 0 Å². The summed E-state index contributed by atoms with van der Waals surface area (Å²) in [5.74, 6) is 0. The van der Waals surface area contributed by atoms with E-state index in [2.05, 4.69) is 169 Å². The predicted molar refractivity (Wildman–Crippen MR) is 245 cm³/mol. The van der Waals surface area contributed by atoms with Gasteiger partial charge >= 0.3 is 0 Å². The third kappa shape index (κ3) is 7.91. The number of nitriles is 2. The molecule has 0 aliphatic rings. The van der Waals surface area contributed by atoms with E-state index in [0.29, 0.717) is 16.8 Å². The molecule has 0 amide bonds. The van der Waals surface area contributed by atoms with Gasteiger partial charge in [-0.25, -0.2) is 0 Å². The van der Waals surface area contributed by atoms with E-state index in [1.54, 1.807) is 12.1 Å². The van der Waals surface area contributed by atoms with E-state index in [1.165, 1.54) is 0 Å². The summed E-state index contributed by atoms with van der Waals surface area (Å²) >= 11 is 0. The van der Waals surface area contributed by atoms with Crippen LogP contribution in [0, 0.1) is 27.6 Å². The molecule has 0 atom stereocenters. The molecule has 9 aromatic rings. The van der Waals surface area contributed by atoms with E-state index < -0.39 is 0 Å². The van der Waals surface area contributed by atoms with Crippen LogP contribution in [0.1, 0.15) is 11.1 Å². The molecule has 0 unspecified atom stereocenters. The molecule has 0 aromatic heterocycles. The van der Waals surface area contributed by atoms with Gasteiger partial charge in [0.2, 0.25) is 0 Å². The van der Waals surface area contributed by atoms with Crippen LogP contribution >= 0.6 is 0 Å². The monoisotopic (exact) mass is 765 g/mol. The standard InChI is InChI=1S/C56H35N3O/c57-36-38-13-15-40(16-14-38)41-17-21-44(22-18-41)46-5-1-7-48(31-46)50-9-3-11-52(33-50)54-29-39(37-58)30-55(35-54)53-12-4-10-51(34-53)49-8-2-6-47(32-49)45-23-19-42(20-24-45)43-25-27-56(59-60)28-26-43/h1-35H. The zero-order valence-electron chi connectivity index (χ0n) is 32.5. The fourth-order valence-corrected chi connectivity index (χ4v) is 7.70. The van der Waals surface area contributed by atoms with Crippen LogP contribution < -0.4 is 0 Å². The molecule has 0 spiro atoms. The van der Waals surface area contributed by atoms with Crippen molar-refractivity contribution in [2.45, 2.75) is 0 Å². The summed E-state index contributed by atoms with van der Waals surface area (Å²) < 4.78 is 0. The zero-order valence-corrected chi connectivity index (χ0v) is 32.5. The Kier molecular flexibility index (Phi) is 10.3. The van der Waals surface area contributed by atoms with Gasteiger partial charge in [-0.05, 0) is 161 Å². The molecule has 60 heavy (non-hydrogen) atoms. The first-order valence-electron chi connectivity index (χ1n) is 19.7. The molecule has 4 heteroatoms. The van der Waals surface area contributed by atoms with Crippen LogP contribution in [0.15, 0.2) is 217 Å². The lowest BCUT2D eigenvalue weighted by Crippen LogP contribution is -1.88. The van der Waals surface area contributed by atoms with Crippen molar-refractivity contribution in [3.05, 3.63) is 228 Å². The minimum absolute atomic E-state index is 0.416. The highest BCUT2D eigenvalue weighted by Gasteiger charge is 2.11. The first-order chi connectivity index (χ1) is 29.5. The van der Waals surface area contributed by atoms with Gasteiger partial charge in [0, 0.05) is 0 Å². The molecule has 0 saturated carbocycles. The lowest BCUT2D eigenvalue weighted by molar-refractivity contribution is 1.48. The third-order valence-corrected chi connectivity index (χ3v) is 10.9. The van der Waals surface area contributed by atoms with Crippen molar-refractivity contribution in [1.29, 1.82) is 10.5 Å². The topological polar surface area (TPSA) is 77.0 Å². The van der Waals surface area contributed by atoms with Crippen LogP contribution in [0.25, 0.3) is 89.0 Å². The first-order valence-corrected chi connectivity index (χ1v) is 19.7. The van der Waals surface area contributed by atoms with Crippen molar-refractivity contribution >= 4 is 5.69 Å². The van der Waals surface area contributed by atoms with Crippen LogP contribution in [0.5, 0.6) is 0 Å². The van der Waals surface area contributed by atoms with Crippen molar-refractivity contribution < 1.29 is 0 Å². The van der Waals surface area contributed by atoms with Crippen molar-refractivity contribution in [2.75, 3.05) is 0 Å². The first kappa shape index (κ1) is 37.2. The highest BCUT2D eigenvalue weighted by molar-refractivity contribution is 5.83. The molecule has 9 aromatic carbocycles. The molecule has 0 aliphatic carbocycles. The van der Waals surface area contributed by atoms with Crippen LogP contribution in [0.2, 0.25) is 0 Å². The third-order valence-electron chi connectivity index (χ3n) is 10.9. The Morgan fingerprint density at radius 1 is 0.267 bits per heavy atom. The Hall–Kier alpha value is -8.44. The molecule has 9 rings (SSSR count). The van der Waals surface area contributed by atoms with Crippen LogP contribution in [0.3, 0.4) is 0 Å². The number of benzene rings is 9. The van der Waals surface area contributed by atoms with E-state index in [4.69, 9.17) is 5.26 Å². The van der Waals surface area contributed by atoms with Gasteiger partial charge in [-0.15, -0.1) is 4.91 Å². The van der Waals surface area contributed by atoms with Crippen LogP contribution in [0.4, 0.5) is 5.69 Å². The van der Waals surface area contributed by atoms with Gasteiger partial charge < -0.3 is 0 Å². The van der Waals surface area contributed by atoms with Crippen molar-refractivity contribution in [3.8, 4) is 101 Å². The van der Waals surface area contributed by atoms with Gasteiger partial charge in [0.25, 0.3) is 0 Å². The molecule has 0 radical (unpaired) electrons. The number of rotatable bonds is 9. The van der Waals surface area contributed by atoms with E-state index in [-0.39, 0.29) is 0 Å². The van der Waals surface area contributed by atoms with E-state index in [1.807, 2.05) is 48.5 Å². The van der Waals surface area contributed by atoms with Gasteiger partial charge in [-0.1, -0.05) is 146 Å². The van der Waals surface area contributed by atoms with Crippen molar-refractivity contribution in [3.63, 3.8) is 0 Å². The number of hydrogen-bond acceptors (Lipinski definition) is 4. The Bertz CT molecular complexity index is 3100. The molecule has 0 bridgehead atoms. The average molecular weight is 766 g/mol. The Balaban J connectivity index is 0.969. The second-order valence-corrected chi connectivity index (χ2v) is 14.7. The van der Waals surface area contributed by atoms with Crippen LogP contribution in [-0.2, 0) is 0 Å². The van der Waals surface area contributed by atoms with E-state index >= 15 is 0 Å². The molecular formula is C56H35N3O. The lowest BCUT2D eigenvalue weighted by atomic mass is 9.92. The fourth-order valence-electron chi connectivity index (χ4n) is 7.70. The van der Waals surface area contributed by atoms with Crippen molar-refractivity contribution in [2.24, 2.45) is 5.18 Å². The average Bonchev–Trinajstić information content (AvgIpc) is 3.34. The summed E-state index contributed by atoms with van der Waals surface area (Å²) in [4.78, 5) is 10.8. The maximum absolute atomic E-state index is 10.8.